The smallest absolute Gasteiger partial charge is 0.255 e. The van der Waals surface area contributed by atoms with Crippen molar-refractivity contribution in [1.29, 1.82) is 0 Å². The molecule has 0 aliphatic heterocycles. The van der Waals surface area contributed by atoms with E-state index in [0.29, 0.717) is 28.2 Å². The molecule has 0 radical (unpaired) electrons. The molecule has 0 aliphatic carbocycles. The predicted octanol–water partition coefficient (Wildman–Crippen LogP) is 3.09. The van der Waals surface area contributed by atoms with Gasteiger partial charge in [-0.15, -0.1) is 0 Å². The lowest BCUT2D eigenvalue weighted by atomic mass is 10.2. The van der Waals surface area contributed by atoms with Gasteiger partial charge in [0.2, 0.25) is 11.8 Å². The van der Waals surface area contributed by atoms with Crippen LogP contribution in [0, 0.1) is 0 Å². The van der Waals surface area contributed by atoms with E-state index in [9.17, 15) is 14.4 Å². The Labute approximate surface area is 167 Å². The van der Waals surface area contributed by atoms with Gasteiger partial charge in [-0.05, 0) is 48.5 Å². The summed E-state index contributed by atoms with van der Waals surface area (Å²) >= 11 is 0. The molecular formula is C22H20N4O3. The monoisotopic (exact) mass is 388 g/mol. The second-order valence-electron chi connectivity index (χ2n) is 6.21. The van der Waals surface area contributed by atoms with Crippen molar-refractivity contribution in [3.8, 4) is 0 Å². The van der Waals surface area contributed by atoms with Gasteiger partial charge >= 0.3 is 0 Å². The Morgan fingerprint density at radius 3 is 1.97 bits per heavy atom. The summed E-state index contributed by atoms with van der Waals surface area (Å²) in [7, 11) is 0. The predicted molar refractivity (Wildman–Crippen MR) is 113 cm³/mol. The zero-order chi connectivity index (χ0) is 20.6. The number of nitrogens with one attached hydrogen (secondary N) is 3. The lowest BCUT2D eigenvalue weighted by Crippen LogP contribution is -2.22. The van der Waals surface area contributed by atoms with Crippen LogP contribution in [0.2, 0.25) is 0 Å². The van der Waals surface area contributed by atoms with Gasteiger partial charge in [0.15, 0.2) is 0 Å². The Balaban J connectivity index is 1.60. The topological polar surface area (TPSA) is 113 Å². The number of hydrogen-bond acceptors (Lipinski definition) is 4. The summed E-state index contributed by atoms with van der Waals surface area (Å²) in [5.74, 6) is -1.04. The molecular weight excluding hydrogens is 368 g/mol. The summed E-state index contributed by atoms with van der Waals surface area (Å²) in [6, 6.07) is 22.3. The molecule has 0 bridgehead atoms. The fourth-order valence-electron chi connectivity index (χ4n) is 2.63. The van der Waals surface area contributed by atoms with Gasteiger partial charge in [-0.3, -0.25) is 14.4 Å². The second kappa shape index (κ2) is 9.18. The van der Waals surface area contributed by atoms with Crippen LogP contribution >= 0.6 is 0 Å². The van der Waals surface area contributed by atoms with Crippen molar-refractivity contribution in [1.82, 2.24) is 0 Å². The summed E-state index contributed by atoms with van der Waals surface area (Å²) in [6.07, 6.45) is 0. The van der Waals surface area contributed by atoms with Gasteiger partial charge in [0, 0.05) is 16.8 Å². The first-order valence-electron chi connectivity index (χ1n) is 8.92. The van der Waals surface area contributed by atoms with Crippen LogP contribution < -0.4 is 21.7 Å². The highest BCUT2D eigenvalue weighted by Crippen LogP contribution is 2.21. The van der Waals surface area contributed by atoms with Crippen LogP contribution in [0.1, 0.15) is 20.7 Å². The van der Waals surface area contributed by atoms with Crippen LogP contribution in [0.25, 0.3) is 0 Å². The van der Waals surface area contributed by atoms with Gasteiger partial charge < -0.3 is 21.7 Å². The van der Waals surface area contributed by atoms with E-state index in [0.717, 1.165) is 0 Å². The maximum absolute atomic E-state index is 12.4. The number of amides is 3. The van der Waals surface area contributed by atoms with Crippen LogP contribution in [0.5, 0.6) is 0 Å². The van der Waals surface area contributed by atoms with Crippen molar-refractivity contribution in [3.63, 3.8) is 0 Å². The third-order valence-corrected chi connectivity index (χ3v) is 4.10. The molecule has 0 saturated carbocycles. The van der Waals surface area contributed by atoms with Crippen LogP contribution in [-0.4, -0.2) is 24.3 Å². The minimum absolute atomic E-state index is 0.00417. The minimum atomic E-state index is -0.529. The summed E-state index contributed by atoms with van der Waals surface area (Å²) in [4.78, 5) is 35.7. The number of para-hydroxylation sites is 2. The summed E-state index contributed by atoms with van der Waals surface area (Å²) in [6.45, 7) is -0.00417. The van der Waals surface area contributed by atoms with E-state index in [2.05, 4.69) is 16.0 Å². The largest absolute Gasteiger partial charge is 0.374 e. The number of nitrogens with two attached hydrogens (primary N) is 1. The Hall–Kier alpha value is -4.13. The Morgan fingerprint density at radius 1 is 0.690 bits per heavy atom. The van der Waals surface area contributed by atoms with Gasteiger partial charge in [-0.2, -0.15) is 0 Å². The number of primary amides is 1. The lowest BCUT2D eigenvalue weighted by Gasteiger charge is -2.13. The van der Waals surface area contributed by atoms with E-state index in [-0.39, 0.29) is 18.4 Å². The fourth-order valence-corrected chi connectivity index (χ4v) is 2.63. The lowest BCUT2D eigenvalue weighted by molar-refractivity contribution is -0.114. The van der Waals surface area contributed by atoms with E-state index in [1.807, 2.05) is 6.07 Å². The molecule has 0 fully saturated rings. The minimum Gasteiger partial charge on any atom is -0.374 e. The third kappa shape index (κ3) is 5.43. The zero-order valence-electron chi connectivity index (χ0n) is 15.5. The zero-order valence-corrected chi connectivity index (χ0v) is 15.5. The average Bonchev–Trinajstić information content (AvgIpc) is 2.74. The second-order valence-corrected chi connectivity index (χ2v) is 6.21. The molecule has 146 valence electrons. The molecule has 5 N–H and O–H groups in total. The van der Waals surface area contributed by atoms with E-state index in [1.165, 1.54) is 0 Å². The van der Waals surface area contributed by atoms with E-state index < -0.39 is 5.91 Å². The van der Waals surface area contributed by atoms with Crippen LogP contribution in [-0.2, 0) is 4.79 Å². The first-order chi connectivity index (χ1) is 14.0. The van der Waals surface area contributed by atoms with E-state index >= 15 is 0 Å². The number of anilines is 3. The molecule has 0 aliphatic rings. The van der Waals surface area contributed by atoms with Crippen LogP contribution in [0.3, 0.4) is 0 Å². The Morgan fingerprint density at radius 2 is 1.31 bits per heavy atom. The number of rotatable bonds is 7. The molecule has 0 saturated heterocycles. The highest BCUT2D eigenvalue weighted by molar-refractivity contribution is 6.06. The standard InChI is InChI=1S/C22H20N4O3/c23-21(28)15-10-12-17(13-11-15)25-20(27)14-24-18-8-4-5-9-19(18)26-22(29)16-6-2-1-3-7-16/h1-13,24H,14H2,(H2,23,28)(H,25,27)(H,26,29). The maximum atomic E-state index is 12.4. The SMILES string of the molecule is NC(=O)c1ccc(NC(=O)CNc2ccccc2NC(=O)c2ccccc2)cc1. The molecule has 3 rings (SSSR count). The third-order valence-electron chi connectivity index (χ3n) is 4.10. The van der Waals surface area contributed by atoms with Gasteiger partial charge in [-0.1, -0.05) is 30.3 Å². The number of carbonyl (C=O) groups excluding carboxylic acids is 3. The molecule has 29 heavy (non-hydrogen) atoms. The van der Waals surface area contributed by atoms with Crippen molar-refractivity contribution in [2.75, 3.05) is 22.5 Å². The molecule has 7 nitrogen and oxygen atoms in total. The molecule has 3 aromatic rings. The molecule has 0 atom stereocenters. The number of hydrogen-bond donors (Lipinski definition) is 4. The average molecular weight is 388 g/mol. The van der Waals surface area contributed by atoms with Crippen molar-refractivity contribution >= 4 is 34.8 Å². The normalized spacial score (nSPS) is 10.1. The Bertz CT molecular complexity index is 1020. The van der Waals surface area contributed by atoms with Gasteiger partial charge in [0.05, 0.1) is 17.9 Å². The van der Waals surface area contributed by atoms with Crippen molar-refractivity contribution in [3.05, 3.63) is 90.0 Å². The summed E-state index contributed by atoms with van der Waals surface area (Å²) in [5.41, 5.74) is 7.84. The number of carbonyl (C=O) groups is 3. The molecule has 3 aromatic carbocycles. The van der Waals surface area contributed by atoms with Crippen molar-refractivity contribution in [2.24, 2.45) is 5.73 Å². The molecule has 7 heteroatoms. The van der Waals surface area contributed by atoms with Gasteiger partial charge in [0.25, 0.3) is 5.91 Å². The highest BCUT2D eigenvalue weighted by atomic mass is 16.2. The fraction of sp³-hybridized carbons (Fsp3) is 0.0455. The Kier molecular flexibility index (Phi) is 6.22. The van der Waals surface area contributed by atoms with Crippen molar-refractivity contribution in [2.45, 2.75) is 0 Å². The molecule has 0 aromatic heterocycles. The molecule has 0 unspecified atom stereocenters. The molecule has 3 amide bonds. The van der Waals surface area contributed by atoms with Crippen molar-refractivity contribution < 1.29 is 14.4 Å². The summed E-state index contributed by atoms with van der Waals surface area (Å²) in [5, 5.41) is 8.58. The van der Waals surface area contributed by atoms with E-state index in [4.69, 9.17) is 5.73 Å². The van der Waals surface area contributed by atoms with E-state index in [1.54, 1.807) is 72.8 Å². The van der Waals surface area contributed by atoms with Gasteiger partial charge in [0.1, 0.15) is 0 Å². The first-order valence-corrected chi connectivity index (χ1v) is 8.92. The molecule has 0 spiro atoms. The maximum Gasteiger partial charge on any atom is 0.255 e. The van der Waals surface area contributed by atoms with Crippen LogP contribution in [0.4, 0.5) is 17.1 Å². The van der Waals surface area contributed by atoms with Gasteiger partial charge in [-0.25, -0.2) is 0 Å². The van der Waals surface area contributed by atoms with Crippen LogP contribution in [0.15, 0.2) is 78.9 Å². The summed E-state index contributed by atoms with van der Waals surface area (Å²) < 4.78 is 0. The first kappa shape index (κ1) is 19.6. The number of benzene rings is 3. The molecule has 0 heterocycles. The highest BCUT2D eigenvalue weighted by Gasteiger charge is 2.10. The quantitative estimate of drug-likeness (QED) is 0.498.